The highest BCUT2D eigenvalue weighted by molar-refractivity contribution is 7.22. The van der Waals surface area contributed by atoms with Crippen LogP contribution in [0.2, 0.25) is 0 Å². The first-order valence-corrected chi connectivity index (χ1v) is 10.5. The van der Waals surface area contributed by atoms with E-state index >= 15 is 0 Å². The van der Waals surface area contributed by atoms with Crippen molar-refractivity contribution in [2.45, 2.75) is 6.42 Å². The molecule has 1 fully saturated rings. The van der Waals surface area contributed by atoms with Gasteiger partial charge in [0.15, 0.2) is 5.13 Å². The number of ether oxygens (including phenoxy) is 1. The number of nitrogens with zero attached hydrogens (tertiary/aromatic N) is 3. The molecule has 1 aliphatic rings. The van der Waals surface area contributed by atoms with Gasteiger partial charge in [0.25, 0.3) is 5.91 Å². The molecule has 0 radical (unpaired) electrons. The summed E-state index contributed by atoms with van der Waals surface area (Å²) in [5.74, 6) is 0.0426. The quantitative estimate of drug-likeness (QED) is 0.647. The molecule has 26 heavy (non-hydrogen) atoms. The van der Waals surface area contributed by atoms with Crippen LogP contribution in [0, 0.1) is 0 Å². The number of aromatic nitrogens is 1. The van der Waals surface area contributed by atoms with Crippen LogP contribution in [0.1, 0.15) is 16.1 Å². The van der Waals surface area contributed by atoms with Crippen LogP contribution in [0.25, 0.3) is 10.2 Å². The zero-order valence-corrected chi connectivity index (χ0v) is 16.1. The Hall–Kier alpha value is -1.80. The number of carbonyl (C=O) groups is 1. The van der Waals surface area contributed by atoms with Gasteiger partial charge >= 0.3 is 0 Å². The average Bonchev–Trinajstić information content (AvgIpc) is 3.35. The maximum atomic E-state index is 13.0. The van der Waals surface area contributed by atoms with Crippen molar-refractivity contribution in [2.75, 3.05) is 44.3 Å². The summed E-state index contributed by atoms with van der Waals surface area (Å²) in [7, 11) is 0. The van der Waals surface area contributed by atoms with Crippen LogP contribution in [0.5, 0.6) is 0 Å². The normalized spacial score (nSPS) is 15.4. The molecular formula is C19H21N3O2S2. The van der Waals surface area contributed by atoms with E-state index < -0.39 is 0 Å². The molecule has 0 bridgehead atoms. The molecule has 1 amide bonds. The molecule has 136 valence electrons. The molecule has 0 atom stereocenters. The highest BCUT2D eigenvalue weighted by Crippen LogP contribution is 2.30. The fourth-order valence-corrected chi connectivity index (χ4v) is 4.73. The van der Waals surface area contributed by atoms with E-state index in [1.54, 1.807) is 11.3 Å². The summed E-state index contributed by atoms with van der Waals surface area (Å²) in [6, 6.07) is 11.8. The second-order valence-corrected chi connectivity index (χ2v) is 8.16. The maximum absolute atomic E-state index is 13.0. The fraction of sp³-hybridized carbons (Fsp3) is 0.368. The van der Waals surface area contributed by atoms with Crippen molar-refractivity contribution < 1.29 is 9.53 Å². The van der Waals surface area contributed by atoms with Crippen LogP contribution in [0.4, 0.5) is 5.13 Å². The highest BCUT2D eigenvalue weighted by Gasteiger charge is 2.22. The van der Waals surface area contributed by atoms with Crippen LogP contribution >= 0.6 is 22.7 Å². The number of thiazole rings is 1. The average molecular weight is 388 g/mol. The van der Waals surface area contributed by atoms with E-state index in [0.29, 0.717) is 6.54 Å². The summed E-state index contributed by atoms with van der Waals surface area (Å²) >= 11 is 3.06. The summed E-state index contributed by atoms with van der Waals surface area (Å²) in [6.07, 6.45) is 0.924. The number of fused-ring (bicyclic) bond motifs is 1. The van der Waals surface area contributed by atoms with E-state index in [0.717, 1.165) is 59.5 Å². The number of para-hydroxylation sites is 1. The van der Waals surface area contributed by atoms with Crippen molar-refractivity contribution in [3.8, 4) is 0 Å². The lowest BCUT2D eigenvalue weighted by Crippen LogP contribution is -2.39. The maximum Gasteiger partial charge on any atom is 0.270 e. The Morgan fingerprint density at radius 3 is 2.81 bits per heavy atom. The number of benzene rings is 1. The molecule has 3 aromatic rings. The number of rotatable bonds is 6. The minimum absolute atomic E-state index is 0.0426. The van der Waals surface area contributed by atoms with E-state index in [1.807, 2.05) is 40.6 Å². The molecule has 4 rings (SSSR count). The molecule has 0 aliphatic carbocycles. The molecule has 7 heteroatoms. The lowest BCUT2D eigenvalue weighted by molar-refractivity contribution is 0.0376. The molecule has 1 saturated heterocycles. The third-order valence-electron chi connectivity index (χ3n) is 4.45. The first kappa shape index (κ1) is 17.6. The van der Waals surface area contributed by atoms with Gasteiger partial charge in [-0.15, -0.1) is 11.3 Å². The fourth-order valence-electron chi connectivity index (χ4n) is 3.07. The molecule has 0 N–H and O–H groups in total. The summed E-state index contributed by atoms with van der Waals surface area (Å²) in [5.41, 5.74) is 0.949. The van der Waals surface area contributed by atoms with Gasteiger partial charge in [-0.25, -0.2) is 4.98 Å². The van der Waals surface area contributed by atoms with Gasteiger partial charge in [-0.1, -0.05) is 29.5 Å². The van der Waals surface area contributed by atoms with Crippen molar-refractivity contribution in [2.24, 2.45) is 0 Å². The standard InChI is InChI=1S/C19H21N3O2S2/c23-18(17-7-3-14-25-17)22(9-4-8-21-10-12-24-13-11-21)19-20-15-5-1-2-6-16(15)26-19/h1-3,5-7,14H,4,8-13H2. The molecule has 0 spiro atoms. The van der Waals surface area contributed by atoms with Crippen molar-refractivity contribution in [3.05, 3.63) is 46.7 Å². The lowest BCUT2D eigenvalue weighted by atomic mass is 10.3. The van der Waals surface area contributed by atoms with Crippen molar-refractivity contribution in [1.82, 2.24) is 9.88 Å². The van der Waals surface area contributed by atoms with Crippen molar-refractivity contribution in [1.29, 1.82) is 0 Å². The molecule has 1 aliphatic heterocycles. The van der Waals surface area contributed by atoms with E-state index in [4.69, 9.17) is 9.72 Å². The monoisotopic (exact) mass is 387 g/mol. The Morgan fingerprint density at radius 2 is 2.04 bits per heavy atom. The number of amides is 1. The molecule has 3 heterocycles. The molecule has 2 aromatic heterocycles. The highest BCUT2D eigenvalue weighted by atomic mass is 32.1. The molecule has 1 aromatic carbocycles. The number of thiophene rings is 1. The second kappa shape index (κ2) is 8.26. The summed E-state index contributed by atoms with van der Waals surface area (Å²) in [4.78, 5) is 22.7. The Bertz CT molecular complexity index is 824. The van der Waals surface area contributed by atoms with Gasteiger partial charge in [0.2, 0.25) is 0 Å². The number of morpholine rings is 1. The van der Waals surface area contributed by atoms with E-state index in [1.165, 1.54) is 11.3 Å². The van der Waals surface area contributed by atoms with Crippen LogP contribution < -0.4 is 4.90 Å². The van der Waals surface area contributed by atoms with E-state index in [2.05, 4.69) is 11.0 Å². The van der Waals surface area contributed by atoms with Crippen LogP contribution in [-0.4, -0.2) is 55.2 Å². The van der Waals surface area contributed by atoms with Gasteiger partial charge in [-0.3, -0.25) is 14.6 Å². The van der Waals surface area contributed by atoms with Gasteiger partial charge in [0, 0.05) is 26.2 Å². The predicted octanol–water partition coefficient (Wildman–Crippen LogP) is 3.73. The number of anilines is 1. The van der Waals surface area contributed by atoms with Crippen molar-refractivity contribution in [3.63, 3.8) is 0 Å². The van der Waals surface area contributed by atoms with Gasteiger partial charge in [0.05, 0.1) is 28.3 Å². The zero-order chi connectivity index (χ0) is 17.8. The van der Waals surface area contributed by atoms with Crippen molar-refractivity contribution >= 4 is 43.9 Å². The topological polar surface area (TPSA) is 45.7 Å². The zero-order valence-electron chi connectivity index (χ0n) is 14.5. The lowest BCUT2D eigenvalue weighted by Gasteiger charge is -2.27. The number of carbonyl (C=O) groups excluding carboxylic acids is 1. The Balaban J connectivity index is 1.51. The molecule has 0 unspecified atom stereocenters. The SMILES string of the molecule is O=C(c1cccs1)N(CCCN1CCOCC1)c1nc2ccccc2s1. The van der Waals surface area contributed by atoms with Crippen LogP contribution in [0.15, 0.2) is 41.8 Å². The first-order chi connectivity index (χ1) is 12.8. The first-order valence-electron chi connectivity index (χ1n) is 8.82. The summed E-state index contributed by atoms with van der Waals surface area (Å²) in [6.45, 7) is 5.20. The number of hydrogen-bond acceptors (Lipinski definition) is 6. The summed E-state index contributed by atoms with van der Waals surface area (Å²) in [5, 5.41) is 2.73. The second-order valence-electron chi connectivity index (χ2n) is 6.21. The van der Waals surface area contributed by atoms with Crippen LogP contribution in [-0.2, 0) is 4.74 Å². The molecule has 0 saturated carbocycles. The molecule has 5 nitrogen and oxygen atoms in total. The van der Waals surface area contributed by atoms with Gasteiger partial charge in [-0.2, -0.15) is 0 Å². The van der Waals surface area contributed by atoms with E-state index in [9.17, 15) is 4.79 Å². The smallest absolute Gasteiger partial charge is 0.270 e. The third kappa shape index (κ3) is 3.96. The Kier molecular flexibility index (Phi) is 5.59. The molecular weight excluding hydrogens is 366 g/mol. The van der Waals surface area contributed by atoms with Gasteiger partial charge in [-0.05, 0) is 30.0 Å². The summed E-state index contributed by atoms with van der Waals surface area (Å²) < 4.78 is 6.51. The van der Waals surface area contributed by atoms with Gasteiger partial charge < -0.3 is 4.74 Å². The predicted molar refractivity (Wildman–Crippen MR) is 107 cm³/mol. The number of hydrogen-bond donors (Lipinski definition) is 0. The largest absolute Gasteiger partial charge is 0.379 e. The Labute approximate surface area is 160 Å². The minimum Gasteiger partial charge on any atom is -0.379 e. The van der Waals surface area contributed by atoms with Crippen LogP contribution in [0.3, 0.4) is 0 Å². The van der Waals surface area contributed by atoms with Gasteiger partial charge in [0.1, 0.15) is 0 Å². The Morgan fingerprint density at radius 1 is 1.19 bits per heavy atom. The van der Waals surface area contributed by atoms with E-state index in [-0.39, 0.29) is 5.91 Å². The minimum atomic E-state index is 0.0426. The third-order valence-corrected chi connectivity index (χ3v) is 6.37.